The van der Waals surface area contributed by atoms with Gasteiger partial charge in [-0.05, 0) is 42.8 Å². The van der Waals surface area contributed by atoms with Crippen LogP contribution in [0.4, 0.5) is 0 Å². The molecule has 1 atom stereocenters. The van der Waals surface area contributed by atoms with Crippen LogP contribution in [0, 0.1) is 0 Å². The molecular formula is C23H27N3O5. The summed E-state index contributed by atoms with van der Waals surface area (Å²) in [5.41, 5.74) is 4.07. The van der Waals surface area contributed by atoms with Crippen LogP contribution in [0.25, 0.3) is 11.3 Å². The molecule has 8 heteroatoms. The molecule has 1 aliphatic heterocycles. The van der Waals surface area contributed by atoms with Crippen LogP contribution in [0.2, 0.25) is 0 Å². The molecule has 0 saturated carbocycles. The van der Waals surface area contributed by atoms with Crippen LogP contribution in [0.5, 0.6) is 23.0 Å². The van der Waals surface area contributed by atoms with Crippen LogP contribution < -0.4 is 24.3 Å². The Morgan fingerprint density at radius 2 is 1.97 bits per heavy atom. The van der Waals surface area contributed by atoms with E-state index in [1.54, 1.807) is 7.11 Å². The number of fused-ring (bicyclic) bond motifs is 1. The van der Waals surface area contributed by atoms with E-state index in [-0.39, 0.29) is 19.3 Å². The van der Waals surface area contributed by atoms with Crippen molar-refractivity contribution in [2.75, 3.05) is 33.5 Å². The molecule has 2 heterocycles. The first kappa shape index (κ1) is 21.0. The smallest absolute Gasteiger partial charge is 0.162 e. The minimum Gasteiger partial charge on any atom is -0.493 e. The number of methoxy groups -OCH3 is 1. The summed E-state index contributed by atoms with van der Waals surface area (Å²) in [6.45, 7) is 4.03. The Balaban J connectivity index is 1.45. The summed E-state index contributed by atoms with van der Waals surface area (Å²) in [6, 6.07) is 11.8. The number of rotatable bonds is 9. The third-order valence-electron chi connectivity index (χ3n) is 5.18. The molecule has 0 bridgehead atoms. The van der Waals surface area contributed by atoms with Gasteiger partial charge in [-0.25, -0.2) is 0 Å². The molecule has 31 heavy (non-hydrogen) atoms. The Hall–Kier alpha value is -3.23. The summed E-state index contributed by atoms with van der Waals surface area (Å²) in [5, 5.41) is 19.8. The van der Waals surface area contributed by atoms with E-state index in [0.29, 0.717) is 31.3 Å². The maximum Gasteiger partial charge on any atom is 0.162 e. The molecule has 0 fully saturated rings. The molecule has 0 spiro atoms. The van der Waals surface area contributed by atoms with Gasteiger partial charge in [-0.3, -0.25) is 5.10 Å². The number of nitrogens with zero attached hydrogens (tertiary/aromatic N) is 1. The summed E-state index contributed by atoms with van der Waals surface area (Å²) in [4.78, 5) is 0. The highest BCUT2D eigenvalue weighted by molar-refractivity contribution is 5.66. The van der Waals surface area contributed by atoms with Crippen molar-refractivity contribution in [1.82, 2.24) is 15.5 Å². The van der Waals surface area contributed by atoms with Crippen molar-refractivity contribution in [3.63, 3.8) is 0 Å². The fourth-order valence-corrected chi connectivity index (χ4v) is 3.50. The second kappa shape index (κ2) is 9.72. The Labute approximate surface area is 181 Å². The lowest BCUT2D eigenvalue weighted by Crippen LogP contribution is -2.18. The van der Waals surface area contributed by atoms with Gasteiger partial charge in [0.15, 0.2) is 23.0 Å². The second-order valence-corrected chi connectivity index (χ2v) is 7.21. The quantitative estimate of drug-likeness (QED) is 0.485. The van der Waals surface area contributed by atoms with Crippen molar-refractivity contribution in [3.05, 3.63) is 53.7 Å². The molecule has 3 N–H and O–H groups in total. The number of aliphatic hydroxyl groups excluding tert-OH is 1. The standard InChI is InChI=1S/C23H27N3O5/c1-15(16-3-5-19(29-8-7-27)21(11-16)28-2)24-13-18-14-25-26-23(18)17-4-6-20-22(12-17)31-10-9-30-20/h3-6,11-12,14-15,24,27H,7-10,13H2,1-2H3,(H,25,26). The van der Waals surface area contributed by atoms with E-state index in [0.717, 1.165) is 33.9 Å². The van der Waals surface area contributed by atoms with Gasteiger partial charge in [0.1, 0.15) is 19.8 Å². The van der Waals surface area contributed by atoms with Gasteiger partial charge < -0.3 is 29.4 Å². The number of ether oxygens (including phenoxy) is 4. The highest BCUT2D eigenvalue weighted by Gasteiger charge is 2.16. The van der Waals surface area contributed by atoms with Crippen LogP contribution in [0.15, 0.2) is 42.6 Å². The number of benzene rings is 2. The third-order valence-corrected chi connectivity index (χ3v) is 5.18. The van der Waals surface area contributed by atoms with E-state index in [4.69, 9.17) is 24.1 Å². The molecule has 2 aromatic carbocycles. The minimum atomic E-state index is -0.0424. The molecule has 1 aromatic heterocycles. The molecule has 4 rings (SSSR count). The highest BCUT2D eigenvalue weighted by Crippen LogP contribution is 2.35. The monoisotopic (exact) mass is 425 g/mol. The maximum atomic E-state index is 8.96. The first-order valence-electron chi connectivity index (χ1n) is 10.3. The lowest BCUT2D eigenvalue weighted by atomic mass is 10.1. The predicted octanol–water partition coefficient (Wildman–Crippen LogP) is 3.08. The Kier molecular flexibility index (Phi) is 6.59. The van der Waals surface area contributed by atoms with Crippen molar-refractivity contribution in [2.45, 2.75) is 19.5 Å². The largest absolute Gasteiger partial charge is 0.493 e. The number of H-pyrrole nitrogens is 1. The Morgan fingerprint density at radius 3 is 2.77 bits per heavy atom. The summed E-state index contributed by atoms with van der Waals surface area (Å²) in [5.74, 6) is 2.77. The lowest BCUT2D eigenvalue weighted by Gasteiger charge is -2.19. The number of hydrogen-bond donors (Lipinski definition) is 3. The SMILES string of the molecule is COc1cc(C(C)NCc2cn[nH]c2-c2ccc3c(c2)OCCO3)ccc1OCCO. The van der Waals surface area contributed by atoms with Gasteiger partial charge in [-0.1, -0.05) is 6.07 Å². The average Bonchev–Trinajstić information content (AvgIpc) is 3.29. The molecular weight excluding hydrogens is 398 g/mol. The molecule has 1 unspecified atom stereocenters. The summed E-state index contributed by atoms with van der Waals surface area (Å²) < 4.78 is 22.3. The van der Waals surface area contributed by atoms with E-state index in [1.165, 1.54) is 0 Å². The first-order valence-corrected chi connectivity index (χ1v) is 10.3. The van der Waals surface area contributed by atoms with Crippen molar-refractivity contribution < 1.29 is 24.1 Å². The van der Waals surface area contributed by atoms with Crippen LogP contribution >= 0.6 is 0 Å². The van der Waals surface area contributed by atoms with Gasteiger partial charge in [0, 0.05) is 23.7 Å². The predicted molar refractivity (Wildman–Crippen MR) is 116 cm³/mol. The van der Waals surface area contributed by atoms with E-state index < -0.39 is 0 Å². The number of hydrogen-bond acceptors (Lipinski definition) is 7. The van der Waals surface area contributed by atoms with Crippen LogP contribution in [-0.4, -0.2) is 48.8 Å². The highest BCUT2D eigenvalue weighted by atomic mass is 16.6. The van der Waals surface area contributed by atoms with E-state index >= 15 is 0 Å². The average molecular weight is 425 g/mol. The minimum absolute atomic E-state index is 0.0424. The van der Waals surface area contributed by atoms with Crippen molar-refractivity contribution in [1.29, 1.82) is 0 Å². The zero-order chi connectivity index (χ0) is 21.6. The maximum absolute atomic E-state index is 8.96. The van der Waals surface area contributed by atoms with Crippen LogP contribution in [0.3, 0.4) is 0 Å². The number of nitrogens with one attached hydrogen (secondary N) is 2. The fourth-order valence-electron chi connectivity index (χ4n) is 3.50. The van der Waals surface area contributed by atoms with Gasteiger partial charge in [-0.15, -0.1) is 0 Å². The summed E-state index contributed by atoms with van der Waals surface area (Å²) >= 11 is 0. The molecule has 8 nitrogen and oxygen atoms in total. The van der Waals surface area contributed by atoms with Gasteiger partial charge in [0.25, 0.3) is 0 Å². The van der Waals surface area contributed by atoms with E-state index in [9.17, 15) is 0 Å². The molecule has 3 aromatic rings. The zero-order valence-electron chi connectivity index (χ0n) is 17.7. The topological polar surface area (TPSA) is 97.9 Å². The van der Waals surface area contributed by atoms with Gasteiger partial charge in [0.05, 0.1) is 25.6 Å². The van der Waals surface area contributed by atoms with Gasteiger partial charge in [0.2, 0.25) is 0 Å². The Morgan fingerprint density at radius 1 is 1.13 bits per heavy atom. The van der Waals surface area contributed by atoms with Crippen LogP contribution in [0.1, 0.15) is 24.1 Å². The van der Waals surface area contributed by atoms with Crippen molar-refractivity contribution >= 4 is 0 Å². The molecule has 1 aliphatic rings. The first-order chi connectivity index (χ1) is 15.2. The van der Waals surface area contributed by atoms with Crippen LogP contribution in [-0.2, 0) is 6.54 Å². The number of aromatic amines is 1. The molecule has 164 valence electrons. The number of aromatic nitrogens is 2. The number of aliphatic hydroxyl groups is 1. The molecule has 0 aliphatic carbocycles. The molecule has 0 saturated heterocycles. The summed E-state index contributed by atoms with van der Waals surface area (Å²) in [6.07, 6.45) is 1.83. The molecule has 0 radical (unpaired) electrons. The third kappa shape index (κ3) is 4.76. The van der Waals surface area contributed by atoms with Crippen molar-refractivity contribution in [3.8, 4) is 34.3 Å². The van der Waals surface area contributed by atoms with Crippen molar-refractivity contribution in [2.24, 2.45) is 0 Å². The van der Waals surface area contributed by atoms with Gasteiger partial charge in [-0.2, -0.15) is 5.10 Å². The lowest BCUT2D eigenvalue weighted by molar-refractivity contribution is 0.171. The fraction of sp³-hybridized carbons (Fsp3) is 0.348. The zero-order valence-corrected chi connectivity index (χ0v) is 17.7. The summed E-state index contributed by atoms with van der Waals surface area (Å²) in [7, 11) is 1.61. The molecule has 0 amide bonds. The Bertz CT molecular complexity index is 1020. The second-order valence-electron chi connectivity index (χ2n) is 7.21. The van der Waals surface area contributed by atoms with Gasteiger partial charge >= 0.3 is 0 Å². The van der Waals surface area contributed by atoms with E-state index in [1.807, 2.05) is 42.6 Å². The normalized spacial score (nSPS) is 13.6. The van der Waals surface area contributed by atoms with E-state index in [2.05, 4.69) is 22.4 Å².